The minimum Gasteiger partial charge on any atom is -0.489 e. The number of nitrogens with zero attached hydrogens (tertiary/aromatic N) is 2. The van der Waals surface area contributed by atoms with Crippen molar-refractivity contribution in [2.24, 2.45) is 0 Å². The third kappa shape index (κ3) is 4.96. The number of hydrogen-bond donors (Lipinski definition) is 1. The van der Waals surface area contributed by atoms with E-state index in [0.29, 0.717) is 30.3 Å². The van der Waals surface area contributed by atoms with E-state index in [0.717, 1.165) is 11.1 Å². The molecule has 0 aliphatic carbocycles. The topological polar surface area (TPSA) is 56.2 Å². The molecule has 5 nitrogen and oxygen atoms in total. The quantitative estimate of drug-likeness (QED) is 0.327. The van der Waals surface area contributed by atoms with Crippen LogP contribution in [0.4, 0.5) is 10.2 Å². The Kier molecular flexibility index (Phi) is 6.03. The number of aromatic nitrogens is 2. The first kappa shape index (κ1) is 21.4. The number of nitrogens with one attached hydrogen (secondary N) is 1. The normalized spacial score (nSPS) is 10.9. The van der Waals surface area contributed by atoms with E-state index < -0.39 is 0 Å². The Labute approximate surface area is 196 Å². The Morgan fingerprint density at radius 3 is 2.47 bits per heavy atom. The summed E-state index contributed by atoms with van der Waals surface area (Å²) in [7, 11) is 0. The van der Waals surface area contributed by atoms with E-state index in [1.807, 2.05) is 41.2 Å². The molecule has 5 aromatic rings. The van der Waals surface area contributed by atoms with E-state index in [1.54, 1.807) is 30.3 Å². The number of halogens is 1. The van der Waals surface area contributed by atoms with Crippen molar-refractivity contribution < 1.29 is 13.9 Å². The second-order valence-electron chi connectivity index (χ2n) is 7.93. The Hall–Kier alpha value is -4.45. The maximum Gasteiger partial charge on any atom is 0.256 e. The lowest BCUT2D eigenvalue weighted by atomic mass is 10.0. The lowest BCUT2D eigenvalue weighted by molar-refractivity contribution is 0.102. The standard InChI is InChI=1S/C28H22FN3O2/c29-24-12-14-25(15-13-24)34-19-20-8-10-22(11-9-20)28(33)30-27-16-17-32(31-27)18-23-6-3-5-21-4-1-2-7-26(21)23/h1-17H,18-19H2,(H,30,31,33). The van der Waals surface area contributed by atoms with Crippen molar-refractivity contribution in [1.29, 1.82) is 0 Å². The Morgan fingerprint density at radius 1 is 0.882 bits per heavy atom. The Bertz CT molecular complexity index is 1420. The van der Waals surface area contributed by atoms with Gasteiger partial charge in [0.1, 0.15) is 18.2 Å². The first-order valence-corrected chi connectivity index (χ1v) is 10.9. The molecule has 0 spiro atoms. The third-order valence-corrected chi connectivity index (χ3v) is 5.53. The summed E-state index contributed by atoms with van der Waals surface area (Å²) in [6.45, 7) is 0.937. The molecule has 1 heterocycles. The van der Waals surface area contributed by atoms with Gasteiger partial charge in [-0.15, -0.1) is 0 Å². The van der Waals surface area contributed by atoms with Gasteiger partial charge in [0, 0.05) is 17.8 Å². The van der Waals surface area contributed by atoms with E-state index >= 15 is 0 Å². The molecule has 0 aliphatic heterocycles. The lowest BCUT2D eigenvalue weighted by Crippen LogP contribution is -2.13. The number of carbonyl (C=O) groups is 1. The first-order chi connectivity index (χ1) is 16.6. The average Bonchev–Trinajstić information content (AvgIpc) is 3.31. The molecule has 0 aliphatic rings. The van der Waals surface area contributed by atoms with Gasteiger partial charge >= 0.3 is 0 Å². The monoisotopic (exact) mass is 451 g/mol. The molecule has 0 bridgehead atoms. The fraction of sp³-hybridized carbons (Fsp3) is 0.0714. The van der Waals surface area contributed by atoms with Gasteiger partial charge < -0.3 is 10.1 Å². The van der Waals surface area contributed by atoms with E-state index in [-0.39, 0.29) is 11.7 Å². The van der Waals surface area contributed by atoms with E-state index in [2.05, 4.69) is 34.7 Å². The summed E-state index contributed by atoms with van der Waals surface area (Å²) in [5, 5.41) is 9.73. The van der Waals surface area contributed by atoms with Crippen LogP contribution in [-0.4, -0.2) is 15.7 Å². The van der Waals surface area contributed by atoms with Crippen molar-refractivity contribution in [3.63, 3.8) is 0 Å². The van der Waals surface area contributed by atoms with Gasteiger partial charge in [-0.2, -0.15) is 5.10 Å². The molecule has 4 aromatic carbocycles. The largest absolute Gasteiger partial charge is 0.489 e. The molecular weight excluding hydrogens is 429 g/mol. The lowest BCUT2D eigenvalue weighted by Gasteiger charge is -2.08. The van der Waals surface area contributed by atoms with Gasteiger partial charge in [-0.25, -0.2) is 4.39 Å². The maximum absolute atomic E-state index is 13.0. The first-order valence-electron chi connectivity index (χ1n) is 10.9. The molecule has 0 atom stereocenters. The summed E-state index contributed by atoms with van der Waals surface area (Å²) >= 11 is 0. The van der Waals surface area contributed by atoms with Crippen molar-refractivity contribution in [3.05, 3.63) is 126 Å². The SMILES string of the molecule is O=C(Nc1ccn(Cc2cccc3ccccc23)n1)c1ccc(COc2ccc(F)cc2)cc1. The fourth-order valence-corrected chi connectivity index (χ4v) is 3.76. The van der Waals surface area contributed by atoms with Crippen molar-refractivity contribution >= 4 is 22.5 Å². The zero-order valence-corrected chi connectivity index (χ0v) is 18.3. The molecule has 1 N–H and O–H groups in total. The van der Waals surface area contributed by atoms with Gasteiger partial charge in [0.05, 0.1) is 6.54 Å². The highest BCUT2D eigenvalue weighted by Crippen LogP contribution is 2.20. The second-order valence-corrected chi connectivity index (χ2v) is 7.93. The van der Waals surface area contributed by atoms with Gasteiger partial charge in [-0.3, -0.25) is 9.48 Å². The molecule has 1 amide bonds. The number of anilines is 1. The molecule has 6 heteroatoms. The number of rotatable bonds is 7. The van der Waals surface area contributed by atoms with Crippen molar-refractivity contribution in [2.45, 2.75) is 13.2 Å². The highest BCUT2D eigenvalue weighted by atomic mass is 19.1. The van der Waals surface area contributed by atoms with Crippen LogP contribution >= 0.6 is 0 Å². The van der Waals surface area contributed by atoms with Gasteiger partial charge in [-0.05, 0) is 58.3 Å². The van der Waals surface area contributed by atoms with Crippen LogP contribution in [0.3, 0.4) is 0 Å². The fourth-order valence-electron chi connectivity index (χ4n) is 3.76. The van der Waals surface area contributed by atoms with Crippen LogP contribution in [0.2, 0.25) is 0 Å². The molecule has 0 radical (unpaired) electrons. The zero-order chi connectivity index (χ0) is 23.3. The summed E-state index contributed by atoms with van der Waals surface area (Å²) in [6.07, 6.45) is 1.85. The summed E-state index contributed by atoms with van der Waals surface area (Å²) in [4.78, 5) is 12.7. The van der Waals surface area contributed by atoms with Crippen molar-refractivity contribution in [2.75, 3.05) is 5.32 Å². The number of ether oxygens (including phenoxy) is 1. The highest BCUT2D eigenvalue weighted by Gasteiger charge is 2.09. The van der Waals surface area contributed by atoms with Gasteiger partial charge in [-0.1, -0.05) is 54.6 Å². The van der Waals surface area contributed by atoms with E-state index in [4.69, 9.17) is 4.74 Å². The summed E-state index contributed by atoms with van der Waals surface area (Å²) in [6, 6.07) is 29.3. The molecular formula is C28H22FN3O2. The van der Waals surface area contributed by atoms with Crippen molar-refractivity contribution in [3.8, 4) is 5.75 Å². The van der Waals surface area contributed by atoms with Crippen LogP contribution < -0.4 is 10.1 Å². The number of benzene rings is 4. The summed E-state index contributed by atoms with van der Waals surface area (Å²) in [5.41, 5.74) is 2.59. The van der Waals surface area contributed by atoms with E-state index in [9.17, 15) is 9.18 Å². The minimum absolute atomic E-state index is 0.235. The zero-order valence-electron chi connectivity index (χ0n) is 18.3. The molecule has 0 saturated carbocycles. The van der Waals surface area contributed by atoms with Crippen LogP contribution in [0.5, 0.6) is 5.75 Å². The molecule has 1 aromatic heterocycles. The van der Waals surface area contributed by atoms with Crippen LogP contribution in [0, 0.1) is 5.82 Å². The number of amides is 1. The Balaban J connectivity index is 1.19. The number of fused-ring (bicyclic) bond motifs is 1. The van der Waals surface area contributed by atoms with Gasteiger partial charge in [0.15, 0.2) is 5.82 Å². The summed E-state index contributed by atoms with van der Waals surface area (Å²) < 4.78 is 20.4. The predicted octanol–water partition coefficient (Wildman–Crippen LogP) is 6.06. The minimum atomic E-state index is -0.305. The van der Waals surface area contributed by atoms with E-state index in [1.165, 1.54) is 22.9 Å². The second kappa shape index (κ2) is 9.58. The third-order valence-electron chi connectivity index (χ3n) is 5.53. The molecule has 168 valence electrons. The van der Waals surface area contributed by atoms with Gasteiger partial charge in [0.25, 0.3) is 5.91 Å². The molecule has 34 heavy (non-hydrogen) atoms. The van der Waals surface area contributed by atoms with Crippen LogP contribution in [0.15, 0.2) is 103 Å². The molecule has 0 saturated heterocycles. The number of carbonyl (C=O) groups excluding carboxylic acids is 1. The molecule has 0 fully saturated rings. The Morgan fingerprint density at radius 2 is 1.65 bits per heavy atom. The molecule has 5 rings (SSSR count). The average molecular weight is 452 g/mol. The highest BCUT2D eigenvalue weighted by molar-refractivity contribution is 6.03. The van der Waals surface area contributed by atoms with Crippen LogP contribution in [0.1, 0.15) is 21.5 Å². The van der Waals surface area contributed by atoms with Crippen LogP contribution in [0.25, 0.3) is 10.8 Å². The van der Waals surface area contributed by atoms with Gasteiger partial charge in [0.2, 0.25) is 0 Å². The molecule has 0 unspecified atom stereocenters. The van der Waals surface area contributed by atoms with Crippen molar-refractivity contribution in [1.82, 2.24) is 9.78 Å². The smallest absolute Gasteiger partial charge is 0.256 e. The predicted molar refractivity (Wildman–Crippen MR) is 130 cm³/mol. The van der Waals surface area contributed by atoms with Crippen LogP contribution in [-0.2, 0) is 13.2 Å². The maximum atomic E-state index is 13.0. The number of hydrogen-bond acceptors (Lipinski definition) is 3. The summed E-state index contributed by atoms with van der Waals surface area (Å²) in [5.74, 6) is 0.541.